The van der Waals surface area contributed by atoms with Crippen molar-refractivity contribution in [2.24, 2.45) is 5.10 Å². The Kier molecular flexibility index (Phi) is 4.67. The van der Waals surface area contributed by atoms with Gasteiger partial charge in [0, 0.05) is 18.5 Å². The molecule has 1 atom stereocenters. The van der Waals surface area contributed by atoms with Crippen molar-refractivity contribution >= 4 is 41.1 Å². The first-order chi connectivity index (χ1) is 13.9. The number of furan rings is 1. The van der Waals surface area contributed by atoms with Crippen molar-refractivity contribution in [2.45, 2.75) is 12.5 Å². The van der Waals surface area contributed by atoms with E-state index < -0.39 is 36.3 Å². The zero-order valence-electron chi connectivity index (χ0n) is 15.2. The van der Waals surface area contributed by atoms with Crippen LogP contribution in [0.1, 0.15) is 23.8 Å². The average Bonchev–Trinajstić information content (AvgIpc) is 3.42. The van der Waals surface area contributed by atoms with E-state index in [1.165, 1.54) is 18.3 Å². The summed E-state index contributed by atoms with van der Waals surface area (Å²) in [6.07, 6.45) is 1.86. The van der Waals surface area contributed by atoms with Gasteiger partial charge in [-0.25, -0.2) is 14.7 Å². The molecule has 9 nitrogen and oxygen atoms in total. The summed E-state index contributed by atoms with van der Waals surface area (Å²) in [5.74, 6) is -2.11. The number of likely N-dealkylation sites (N-methyl/N-ethyl adjacent to an activating group) is 1. The van der Waals surface area contributed by atoms with Gasteiger partial charge in [-0.2, -0.15) is 5.10 Å². The first-order valence-electron chi connectivity index (χ1n) is 8.69. The molecule has 0 N–H and O–H groups in total. The van der Waals surface area contributed by atoms with Crippen LogP contribution >= 0.6 is 11.6 Å². The lowest BCUT2D eigenvalue weighted by Gasteiger charge is -2.21. The first-order valence-corrected chi connectivity index (χ1v) is 9.07. The molecule has 3 heterocycles. The maximum Gasteiger partial charge on any atom is 0.334 e. The lowest BCUT2D eigenvalue weighted by Crippen LogP contribution is -2.41. The standard InChI is InChI=1S/C19H15ClN4O5/c1-22-17(26)18(27)23(19(22)28)10-16(25)24-14(15-3-2-8-29-15)9-13(21-24)11-4-6-12(20)7-5-11/h2-8,14H,9-10H2,1H3/t14-/m0/s1. The van der Waals surface area contributed by atoms with E-state index in [2.05, 4.69) is 5.10 Å². The number of carbonyl (C=O) groups excluding carboxylic acids is 4. The highest BCUT2D eigenvalue weighted by Crippen LogP contribution is 2.33. The molecule has 0 saturated carbocycles. The van der Waals surface area contributed by atoms with Crippen molar-refractivity contribution in [2.75, 3.05) is 13.6 Å². The van der Waals surface area contributed by atoms with Crippen LogP contribution in [-0.2, 0) is 14.4 Å². The van der Waals surface area contributed by atoms with Crippen molar-refractivity contribution in [3.8, 4) is 0 Å². The van der Waals surface area contributed by atoms with E-state index in [1.54, 1.807) is 36.4 Å². The molecule has 0 radical (unpaired) electrons. The van der Waals surface area contributed by atoms with Crippen LogP contribution in [0.5, 0.6) is 0 Å². The van der Waals surface area contributed by atoms with E-state index >= 15 is 0 Å². The quantitative estimate of drug-likeness (QED) is 0.562. The maximum absolute atomic E-state index is 12.9. The highest BCUT2D eigenvalue weighted by Gasteiger charge is 2.45. The minimum Gasteiger partial charge on any atom is -0.467 e. The molecular formula is C19H15ClN4O5. The molecule has 1 aromatic carbocycles. The fraction of sp³-hybridized carbons (Fsp3) is 0.211. The molecule has 10 heteroatoms. The number of hydrogen-bond acceptors (Lipinski definition) is 6. The normalized spacial score (nSPS) is 19.4. The van der Waals surface area contributed by atoms with E-state index in [9.17, 15) is 19.2 Å². The second-order valence-electron chi connectivity index (χ2n) is 6.57. The third-order valence-electron chi connectivity index (χ3n) is 4.76. The molecule has 0 spiro atoms. The topological polar surface area (TPSA) is 104 Å². The monoisotopic (exact) mass is 414 g/mol. The number of amides is 5. The van der Waals surface area contributed by atoms with Crippen molar-refractivity contribution in [3.05, 3.63) is 59.0 Å². The molecule has 2 aliphatic heterocycles. The fourth-order valence-electron chi connectivity index (χ4n) is 3.22. The molecule has 4 rings (SSSR count). The van der Waals surface area contributed by atoms with Gasteiger partial charge in [-0.05, 0) is 29.8 Å². The van der Waals surface area contributed by atoms with Gasteiger partial charge in [0.05, 0.1) is 12.0 Å². The number of hydrazone groups is 1. The van der Waals surface area contributed by atoms with Gasteiger partial charge >= 0.3 is 17.8 Å². The lowest BCUT2D eigenvalue weighted by molar-refractivity contribution is -0.145. The van der Waals surface area contributed by atoms with Gasteiger partial charge in [0.2, 0.25) is 0 Å². The van der Waals surface area contributed by atoms with E-state index in [4.69, 9.17) is 16.0 Å². The van der Waals surface area contributed by atoms with Gasteiger partial charge < -0.3 is 4.42 Å². The molecule has 0 bridgehead atoms. The number of benzene rings is 1. The van der Waals surface area contributed by atoms with Gasteiger partial charge in [-0.3, -0.25) is 19.3 Å². The minimum absolute atomic E-state index is 0.377. The SMILES string of the molecule is CN1C(=O)C(=O)N(CC(=O)N2N=C(c3ccc(Cl)cc3)C[C@H]2c2ccco2)C1=O. The van der Waals surface area contributed by atoms with Crippen LogP contribution in [-0.4, -0.2) is 57.9 Å². The van der Waals surface area contributed by atoms with Crippen molar-refractivity contribution in [1.29, 1.82) is 0 Å². The molecule has 1 fully saturated rings. The smallest absolute Gasteiger partial charge is 0.334 e. The molecule has 1 saturated heterocycles. The summed E-state index contributed by atoms with van der Waals surface area (Å²) in [6.45, 7) is -0.595. The molecule has 2 aliphatic rings. The molecular weight excluding hydrogens is 400 g/mol. The van der Waals surface area contributed by atoms with Crippen molar-refractivity contribution in [3.63, 3.8) is 0 Å². The molecule has 0 unspecified atom stereocenters. The van der Waals surface area contributed by atoms with E-state index in [-0.39, 0.29) is 0 Å². The highest BCUT2D eigenvalue weighted by molar-refractivity contribution is 6.44. The van der Waals surface area contributed by atoms with Crippen LogP contribution in [0.15, 0.2) is 52.2 Å². The fourth-order valence-corrected chi connectivity index (χ4v) is 3.35. The summed E-state index contributed by atoms with van der Waals surface area (Å²) < 4.78 is 5.45. The van der Waals surface area contributed by atoms with Crippen LogP contribution in [0.25, 0.3) is 0 Å². The molecule has 148 valence electrons. The molecule has 5 amide bonds. The van der Waals surface area contributed by atoms with E-state index in [0.717, 1.165) is 5.56 Å². The Hall–Kier alpha value is -3.46. The Morgan fingerprint density at radius 3 is 2.48 bits per heavy atom. The van der Waals surface area contributed by atoms with E-state index in [0.29, 0.717) is 32.7 Å². The largest absolute Gasteiger partial charge is 0.467 e. The Bertz CT molecular complexity index is 1030. The Morgan fingerprint density at radius 2 is 1.90 bits per heavy atom. The Labute approximate surface area is 170 Å². The number of imide groups is 2. The zero-order chi connectivity index (χ0) is 20.7. The summed E-state index contributed by atoms with van der Waals surface area (Å²) in [6, 6.07) is 9.04. The first kappa shape index (κ1) is 18.9. The van der Waals surface area contributed by atoms with Gasteiger partial charge in [0.1, 0.15) is 18.3 Å². The predicted molar refractivity (Wildman–Crippen MR) is 101 cm³/mol. The van der Waals surface area contributed by atoms with Gasteiger partial charge in [-0.1, -0.05) is 23.7 Å². The number of carbonyl (C=O) groups is 4. The second-order valence-corrected chi connectivity index (χ2v) is 7.00. The molecule has 2 aromatic rings. The number of rotatable bonds is 4. The number of urea groups is 1. The van der Waals surface area contributed by atoms with Crippen LogP contribution in [0, 0.1) is 0 Å². The maximum atomic E-state index is 12.9. The minimum atomic E-state index is -1.04. The van der Waals surface area contributed by atoms with Crippen molar-refractivity contribution < 1.29 is 23.6 Å². The van der Waals surface area contributed by atoms with Crippen molar-refractivity contribution in [1.82, 2.24) is 14.8 Å². The number of nitrogens with zero attached hydrogens (tertiary/aromatic N) is 4. The second kappa shape index (κ2) is 7.17. The van der Waals surface area contributed by atoms with Crippen LogP contribution in [0.2, 0.25) is 5.02 Å². The van der Waals surface area contributed by atoms with Crippen LogP contribution < -0.4 is 0 Å². The summed E-state index contributed by atoms with van der Waals surface area (Å²) in [5.41, 5.74) is 1.41. The van der Waals surface area contributed by atoms with Crippen LogP contribution in [0.3, 0.4) is 0 Å². The number of hydrogen-bond donors (Lipinski definition) is 0. The molecule has 1 aromatic heterocycles. The van der Waals surface area contributed by atoms with Gasteiger partial charge in [0.25, 0.3) is 5.91 Å². The third-order valence-corrected chi connectivity index (χ3v) is 5.01. The third kappa shape index (κ3) is 3.29. The lowest BCUT2D eigenvalue weighted by atomic mass is 10.0. The molecule has 0 aliphatic carbocycles. The van der Waals surface area contributed by atoms with Gasteiger partial charge in [0.15, 0.2) is 0 Å². The summed E-state index contributed by atoms with van der Waals surface area (Å²) >= 11 is 5.93. The highest BCUT2D eigenvalue weighted by atomic mass is 35.5. The summed E-state index contributed by atoms with van der Waals surface area (Å²) in [7, 11) is 1.19. The Balaban J connectivity index is 1.62. The average molecular weight is 415 g/mol. The van der Waals surface area contributed by atoms with E-state index in [1.807, 2.05) is 0 Å². The number of halogens is 1. The molecule has 29 heavy (non-hydrogen) atoms. The predicted octanol–water partition coefficient (Wildman–Crippen LogP) is 2.03. The van der Waals surface area contributed by atoms with Gasteiger partial charge in [-0.15, -0.1) is 0 Å². The van der Waals surface area contributed by atoms with Crippen LogP contribution in [0.4, 0.5) is 4.79 Å². The summed E-state index contributed by atoms with van der Waals surface area (Å²) in [4.78, 5) is 49.9. The zero-order valence-corrected chi connectivity index (χ0v) is 16.0. The Morgan fingerprint density at radius 1 is 1.17 bits per heavy atom. The summed E-state index contributed by atoms with van der Waals surface area (Å²) in [5, 5.41) is 6.16.